The highest BCUT2D eigenvalue weighted by molar-refractivity contribution is 5.86. The summed E-state index contributed by atoms with van der Waals surface area (Å²) in [6.07, 6.45) is -0.690. The molecule has 0 aliphatic carbocycles. The fourth-order valence-electron chi connectivity index (χ4n) is 2.54. The van der Waals surface area contributed by atoms with Crippen molar-refractivity contribution in [2.75, 3.05) is 5.32 Å². The zero-order chi connectivity index (χ0) is 23.3. The quantitative estimate of drug-likeness (QED) is 0.205. The van der Waals surface area contributed by atoms with Crippen LogP contribution >= 0.6 is 0 Å². The first-order valence-corrected chi connectivity index (χ1v) is 9.20. The zero-order valence-corrected chi connectivity index (χ0v) is 17.0. The number of para-hydroxylation sites is 1. The number of aryl methyl sites for hydroxylation is 1. The Morgan fingerprint density at radius 1 is 0.903 bits per heavy atom. The molecule has 0 unspecified atom stereocenters. The van der Waals surface area contributed by atoms with Gasteiger partial charge in [0, 0.05) is 12.1 Å². The minimum atomic E-state index is -2.34. The maximum atomic E-state index is 13.6. The van der Waals surface area contributed by atoms with Gasteiger partial charge in [0.05, 0.1) is 0 Å². The minimum Gasteiger partial charge on any atom is -0.444 e. The minimum absolute atomic E-state index is 0.112. The maximum absolute atomic E-state index is 13.6. The monoisotopic (exact) mass is 445 g/mol. The SMILES string of the molecule is CC(C)(C)OC(=O)Nc1ccccc1CCCC(=O)Oc1c(F)c(F)c(F)c(F)c1F. The first-order chi connectivity index (χ1) is 14.4. The van der Waals surface area contributed by atoms with Gasteiger partial charge in [-0.05, 0) is 45.2 Å². The van der Waals surface area contributed by atoms with Gasteiger partial charge in [-0.3, -0.25) is 10.1 Å². The molecule has 2 rings (SSSR count). The van der Waals surface area contributed by atoms with Gasteiger partial charge in [0.1, 0.15) is 5.60 Å². The molecule has 168 valence electrons. The van der Waals surface area contributed by atoms with Crippen LogP contribution in [0.15, 0.2) is 24.3 Å². The molecule has 2 aromatic carbocycles. The van der Waals surface area contributed by atoms with Crippen LogP contribution in [-0.2, 0) is 16.0 Å². The maximum Gasteiger partial charge on any atom is 0.412 e. The number of anilines is 1. The topological polar surface area (TPSA) is 64.6 Å². The van der Waals surface area contributed by atoms with Crippen molar-refractivity contribution in [2.45, 2.75) is 45.6 Å². The van der Waals surface area contributed by atoms with E-state index in [1.54, 1.807) is 45.0 Å². The molecule has 0 saturated carbocycles. The normalized spacial score (nSPS) is 11.2. The number of ether oxygens (including phenoxy) is 2. The summed E-state index contributed by atoms with van der Waals surface area (Å²) >= 11 is 0. The third-order valence-corrected chi connectivity index (χ3v) is 3.87. The Bertz CT molecular complexity index is 959. The van der Waals surface area contributed by atoms with E-state index in [4.69, 9.17) is 4.74 Å². The first kappa shape index (κ1) is 24.1. The predicted molar refractivity (Wildman–Crippen MR) is 101 cm³/mol. The van der Waals surface area contributed by atoms with Gasteiger partial charge in [-0.1, -0.05) is 18.2 Å². The van der Waals surface area contributed by atoms with E-state index in [1.165, 1.54) is 0 Å². The summed E-state index contributed by atoms with van der Waals surface area (Å²) in [5.74, 6) is -14.0. The second-order valence-electron chi connectivity index (χ2n) is 7.51. The zero-order valence-electron chi connectivity index (χ0n) is 17.0. The summed E-state index contributed by atoms with van der Waals surface area (Å²) in [7, 11) is 0. The van der Waals surface area contributed by atoms with E-state index >= 15 is 0 Å². The van der Waals surface area contributed by atoms with Crippen LogP contribution < -0.4 is 10.1 Å². The lowest BCUT2D eigenvalue weighted by molar-refractivity contribution is -0.135. The molecule has 0 radical (unpaired) electrons. The van der Waals surface area contributed by atoms with Crippen molar-refractivity contribution in [1.29, 1.82) is 0 Å². The standard InChI is InChI=1S/C21H20F5NO4/c1-21(2,3)31-20(29)27-12-9-5-4-7-11(12)8-6-10-13(28)30-19-17(25)15(23)14(22)16(24)18(19)26/h4-5,7,9H,6,8,10H2,1-3H3,(H,27,29). The van der Waals surface area contributed by atoms with Gasteiger partial charge in [-0.25, -0.2) is 18.0 Å². The molecule has 10 heteroatoms. The Morgan fingerprint density at radius 2 is 1.45 bits per heavy atom. The Morgan fingerprint density at radius 3 is 2.03 bits per heavy atom. The van der Waals surface area contributed by atoms with Crippen molar-refractivity contribution in [2.24, 2.45) is 0 Å². The fourth-order valence-corrected chi connectivity index (χ4v) is 2.54. The van der Waals surface area contributed by atoms with E-state index in [0.717, 1.165) is 0 Å². The lowest BCUT2D eigenvalue weighted by atomic mass is 10.1. The van der Waals surface area contributed by atoms with Crippen molar-refractivity contribution >= 4 is 17.7 Å². The van der Waals surface area contributed by atoms with Crippen LogP contribution in [0, 0.1) is 29.1 Å². The van der Waals surface area contributed by atoms with Gasteiger partial charge in [-0.2, -0.15) is 8.78 Å². The molecule has 0 bridgehead atoms. The number of benzene rings is 2. The highest BCUT2D eigenvalue weighted by Gasteiger charge is 2.28. The summed E-state index contributed by atoms with van der Waals surface area (Å²) in [6, 6.07) is 6.67. The average molecular weight is 445 g/mol. The second-order valence-corrected chi connectivity index (χ2v) is 7.51. The van der Waals surface area contributed by atoms with Gasteiger partial charge < -0.3 is 9.47 Å². The Balaban J connectivity index is 1.99. The first-order valence-electron chi connectivity index (χ1n) is 9.20. The van der Waals surface area contributed by atoms with Gasteiger partial charge in [0.15, 0.2) is 0 Å². The van der Waals surface area contributed by atoms with Crippen LogP contribution in [0.1, 0.15) is 39.2 Å². The van der Waals surface area contributed by atoms with Crippen LogP contribution in [-0.4, -0.2) is 17.7 Å². The van der Waals surface area contributed by atoms with Crippen LogP contribution in [0.5, 0.6) is 5.75 Å². The van der Waals surface area contributed by atoms with E-state index < -0.39 is 52.5 Å². The third-order valence-electron chi connectivity index (χ3n) is 3.87. The van der Waals surface area contributed by atoms with Crippen molar-refractivity contribution in [3.05, 3.63) is 58.9 Å². The number of hydrogen-bond acceptors (Lipinski definition) is 4. The number of halogens is 5. The molecule has 0 saturated heterocycles. The van der Waals surface area contributed by atoms with Crippen molar-refractivity contribution in [3.63, 3.8) is 0 Å². The highest BCUT2D eigenvalue weighted by atomic mass is 19.2. The number of hydrogen-bond donors (Lipinski definition) is 1. The number of rotatable bonds is 6. The van der Waals surface area contributed by atoms with Gasteiger partial charge in [0.25, 0.3) is 0 Å². The Kier molecular flexibility index (Phi) is 7.59. The molecule has 31 heavy (non-hydrogen) atoms. The molecule has 0 fully saturated rings. The molecule has 1 amide bonds. The lowest BCUT2D eigenvalue weighted by Crippen LogP contribution is -2.27. The molecule has 2 aromatic rings. The lowest BCUT2D eigenvalue weighted by Gasteiger charge is -2.20. The summed E-state index contributed by atoms with van der Waals surface area (Å²) < 4.78 is 76.1. The molecule has 0 aliphatic heterocycles. The molecule has 5 nitrogen and oxygen atoms in total. The van der Waals surface area contributed by atoms with E-state index in [9.17, 15) is 31.5 Å². The fraction of sp³-hybridized carbons (Fsp3) is 0.333. The molecule has 0 spiro atoms. The Hall–Kier alpha value is -3.17. The van der Waals surface area contributed by atoms with Crippen LogP contribution in [0.3, 0.4) is 0 Å². The number of carbonyl (C=O) groups is 2. The van der Waals surface area contributed by atoms with Crippen molar-refractivity contribution < 1.29 is 41.0 Å². The van der Waals surface area contributed by atoms with Crippen LogP contribution in [0.4, 0.5) is 32.4 Å². The smallest absolute Gasteiger partial charge is 0.412 e. The summed E-state index contributed by atoms with van der Waals surface area (Å²) in [5, 5.41) is 2.58. The summed E-state index contributed by atoms with van der Waals surface area (Å²) in [4.78, 5) is 23.8. The molecule has 0 aromatic heterocycles. The number of carbonyl (C=O) groups excluding carboxylic acids is 2. The van der Waals surface area contributed by atoms with E-state index in [1.807, 2.05) is 0 Å². The van der Waals surface area contributed by atoms with E-state index in [-0.39, 0.29) is 19.3 Å². The third kappa shape index (κ3) is 6.40. The molecule has 0 heterocycles. The summed E-state index contributed by atoms with van der Waals surface area (Å²) in [6.45, 7) is 5.11. The number of esters is 1. The van der Waals surface area contributed by atoms with Crippen LogP contribution in [0.25, 0.3) is 0 Å². The largest absolute Gasteiger partial charge is 0.444 e. The number of amides is 1. The average Bonchev–Trinajstić information content (AvgIpc) is 2.68. The van der Waals surface area contributed by atoms with Gasteiger partial charge in [0.2, 0.25) is 34.8 Å². The number of nitrogens with one attached hydrogen (secondary N) is 1. The van der Waals surface area contributed by atoms with Gasteiger partial charge in [-0.15, -0.1) is 0 Å². The molecule has 1 N–H and O–H groups in total. The van der Waals surface area contributed by atoms with Crippen molar-refractivity contribution in [1.82, 2.24) is 0 Å². The molecular weight excluding hydrogens is 425 g/mol. The highest BCUT2D eigenvalue weighted by Crippen LogP contribution is 2.29. The Labute approximate surface area is 175 Å². The molecular formula is C21H20F5NO4. The van der Waals surface area contributed by atoms with Crippen LogP contribution in [0.2, 0.25) is 0 Å². The molecule has 0 aliphatic rings. The second kappa shape index (κ2) is 9.76. The summed E-state index contributed by atoms with van der Waals surface area (Å²) in [5.41, 5.74) is 0.370. The predicted octanol–water partition coefficient (Wildman–Crippen LogP) is 5.66. The van der Waals surface area contributed by atoms with E-state index in [2.05, 4.69) is 10.1 Å². The van der Waals surface area contributed by atoms with E-state index in [0.29, 0.717) is 11.3 Å². The molecule has 0 atom stereocenters. The van der Waals surface area contributed by atoms with Gasteiger partial charge >= 0.3 is 12.1 Å². The van der Waals surface area contributed by atoms with Crippen molar-refractivity contribution in [3.8, 4) is 5.75 Å².